The van der Waals surface area contributed by atoms with Crippen LogP contribution in [0.5, 0.6) is 0 Å². The zero-order chi connectivity index (χ0) is 22.2. The Bertz CT molecular complexity index is 1080. The van der Waals surface area contributed by atoms with Crippen LogP contribution in [0.15, 0.2) is 89.6 Å². The van der Waals surface area contributed by atoms with Crippen LogP contribution in [0.2, 0.25) is 0 Å². The van der Waals surface area contributed by atoms with Crippen molar-refractivity contribution in [2.75, 3.05) is 0 Å². The standard InChI is InChI=1S/C30H33Si.3ClH.Ti/c1-22-11-7-14-25(19-22)31(26-15-8-12-23(2)20-26,27-16-9-13-24(3)21-27)29-18-10-17-28(29)30(4,5)6;;;;/h7-9,11-16,18-21H,10H2,1-6H3;3*1H;/q-1;;;;. The van der Waals surface area contributed by atoms with Gasteiger partial charge in [0.25, 0.3) is 0 Å². The molecule has 1 aliphatic carbocycles. The molecule has 0 saturated heterocycles. The van der Waals surface area contributed by atoms with Gasteiger partial charge < -0.3 is 0 Å². The van der Waals surface area contributed by atoms with Crippen molar-refractivity contribution in [1.29, 1.82) is 0 Å². The molecule has 0 unspecified atom stereocenters. The van der Waals surface area contributed by atoms with Crippen LogP contribution in [0.25, 0.3) is 0 Å². The van der Waals surface area contributed by atoms with Crippen molar-refractivity contribution in [1.82, 2.24) is 0 Å². The van der Waals surface area contributed by atoms with Gasteiger partial charge in [0.2, 0.25) is 0 Å². The summed E-state index contributed by atoms with van der Waals surface area (Å²) in [6.45, 7) is 13.6. The van der Waals surface area contributed by atoms with Crippen LogP contribution in [-0.4, -0.2) is 8.07 Å². The summed E-state index contributed by atoms with van der Waals surface area (Å²) in [5.74, 6) is 0. The number of rotatable bonds is 4. The van der Waals surface area contributed by atoms with E-state index in [1.54, 1.807) is 0 Å². The van der Waals surface area contributed by atoms with Crippen molar-refractivity contribution in [2.24, 2.45) is 5.41 Å². The average Bonchev–Trinajstić information content (AvgIpc) is 3.20. The molecule has 0 aromatic heterocycles. The number of allylic oxidation sites excluding steroid dienone is 4. The van der Waals surface area contributed by atoms with Crippen LogP contribution >= 0.6 is 37.2 Å². The summed E-state index contributed by atoms with van der Waals surface area (Å²) in [4.78, 5) is 0. The van der Waals surface area contributed by atoms with Crippen LogP contribution in [0.1, 0.15) is 43.9 Å². The third-order valence-electron chi connectivity index (χ3n) is 6.36. The first kappa shape index (κ1) is 33.9. The minimum absolute atomic E-state index is 0. The Morgan fingerprint density at radius 3 is 1.34 bits per heavy atom. The van der Waals surface area contributed by atoms with Gasteiger partial charge in [0, 0.05) is 21.7 Å². The van der Waals surface area contributed by atoms with E-state index in [1.165, 1.54) is 43.0 Å². The van der Waals surface area contributed by atoms with Gasteiger partial charge in [-0.1, -0.05) is 126 Å². The van der Waals surface area contributed by atoms with Crippen LogP contribution in [0.4, 0.5) is 0 Å². The van der Waals surface area contributed by atoms with Crippen molar-refractivity contribution in [3.8, 4) is 0 Å². The van der Waals surface area contributed by atoms with Crippen LogP contribution < -0.4 is 15.6 Å². The Hall–Kier alpha value is -1.06. The summed E-state index contributed by atoms with van der Waals surface area (Å²) in [6, 6.07) is 27.7. The topological polar surface area (TPSA) is 0 Å². The normalized spacial score (nSPS) is 12.7. The summed E-state index contributed by atoms with van der Waals surface area (Å²) in [6.07, 6.45) is 7.14. The van der Waals surface area contributed by atoms with Crippen LogP contribution in [0, 0.1) is 32.3 Å². The average molecular weight is 579 g/mol. The van der Waals surface area contributed by atoms with Gasteiger partial charge in [-0.3, -0.25) is 6.08 Å². The van der Waals surface area contributed by atoms with E-state index >= 15 is 0 Å². The van der Waals surface area contributed by atoms with E-state index in [-0.39, 0.29) is 64.4 Å². The molecule has 0 heterocycles. The molecule has 0 saturated carbocycles. The molecular weight excluding hydrogens is 543 g/mol. The second kappa shape index (κ2) is 13.5. The molecule has 3 aromatic rings. The molecule has 0 N–H and O–H groups in total. The number of hydrogen-bond donors (Lipinski definition) is 0. The molecule has 4 rings (SSSR count). The summed E-state index contributed by atoms with van der Waals surface area (Å²) < 4.78 is 0. The molecule has 0 aliphatic heterocycles. The van der Waals surface area contributed by atoms with E-state index in [9.17, 15) is 0 Å². The Kier molecular flexibility index (Phi) is 13.1. The molecule has 0 atom stereocenters. The summed E-state index contributed by atoms with van der Waals surface area (Å²) in [7, 11) is -2.50. The number of benzene rings is 3. The summed E-state index contributed by atoms with van der Waals surface area (Å²) in [5, 5.41) is 5.89. The van der Waals surface area contributed by atoms with Crippen molar-refractivity contribution in [2.45, 2.75) is 48.0 Å². The van der Waals surface area contributed by atoms with Gasteiger partial charge in [-0.25, -0.2) is 5.57 Å². The van der Waals surface area contributed by atoms with Crippen molar-refractivity contribution in [3.63, 3.8) is 0 Å². The van der Waals surface area contributed by atoms with Crippen molar-refractivity contribution >= 4 is 60.9 Å². The van der Waals surface area contributed by atoms with Gasteiger partial charge in [-0.05, 0) is 26.2 Å². The van der Waals surface area contributed by atoms with E-state index in [1.807, 2.05) is 0 Å². The first-order valence-corrected chi connectivity index (χ1v) is 13.3. The molecule has 0 nitrogen and oxygen atoms in total. The minimum Gasteiger partial charge on any atom is -0.269 e. The molecule has 1 aliphatic rings. The maximum atomic E-state index is 3.76. The number of halogens is 3. The third-order valence-corrected chi connectivity index (χ3v) is 11.2. The molecule has 35 heavy (non-hydrogen) atoms. The van der Waals surface area contributed by atoms with E-state index in [2.05, 4.69) is 126 Å². The molecule has 0 bridgehead atoms. The zero-order valence-corrected chi connectivity index (χ0v) is 26.4. The van der Waals surface area contributed by atoms with Gasteiger partial charge in [-0.2, -0.15) is 11.3 Å². The van der Waals surface area contributed by atoms with E-state index in [0.717, 1.165) is 6.42 Å². The Balaban J connectivity index is 0.00000289. The first-order chi connectivity index (χ1) is 14.7. The smallest absolute Gasteiger partial charge is 0.0994 e. The Morgan fingerprint density at radius 2 is 1.03 bits per heavy atom. The van der Waals surface area contributed by atoms with Crippen LogP contribution in [0.3, 0.4) is 0 Å². The monoisotopic (exact) mass is 577 g/mol. The van der Waals surface area contributed by atoms with Gasteiger partial charge in [-0.15, -0.1) is 43.6 Å². The van der Waals surface area contributed by atoms with Gasteiger partial charge in [0.15, 0.2) is 0 Å². The zero-order valence-electron chi connectivity index (χ0n) is 21.4. The largest absolute Gasteiger partial charge is 0.269 e. The molecule has 0 fully saturated rings. The number of hydrogen-bond acceptors (Lipinski definition) is 0. The summed E-state index contributed by atoms with van der Waals surface area (Å²) in [5.41, 5.74) is 5.40. The fourth-order valence-electron chi connectivity index (χ4n) is 5.06. The molecular formula is C30H36Cl3SiTi-. The maximum Gasteiger partial charge on any atom is 0.0994 e. The van der Waals surface area contributed by atoms with Crippen molar-refractivity contribution in [3.05, 3.63) is 112 Å². The quantitative estimate of drug-likeness (QED) is 0.178. The fourth-order valence-corrected chi connectivity index (χ4v) is 10.6. The maximum absolute atomic E-state index is 3.76. The molecule has 0 radical (unpaired) electrons. The molecule has 0 spiro atoms. The van der Waals surface area contributed by atoms with E-state index < -0.39 is 8.07 Å². The SMILES string of the molecule is Cc1cccc([Si](C2=CC[C-]=C2C(C)(C)C)(c2cccc(C)c2)c2cccc(C)c2)c1.Cl.Cl.Cl.[Ti]. The molecule has 186 valence electrons. The minimum atomic E-state index is -2.50. The second-order valence-corrected chi connectivity index (χ2v) is 13.8. The third kappa shape index (κ3) is 6.64. The van der Waals surface area contributed by atoms with Gasteiger partial charge in [0.1, 0.15) is 0 Å². The Labute approximate surface area is 246 Å². The molecule has 5 heteroatoms. The first-order valence-electron chi connectivity index (χ1n) is 11.3. The van der Waals surface area contributed by atoms with E-state index in [4.69, 9.17) is 0 Å². The molecule has 0 amide bonds. The van der Waals surface area contributed by atoms with Gasteiger partial charge >= 0.3 is 0 Å². The van der Waals surface area contributed by atoms with Crippen molar-refractivity contribution < 1.29 is 21.7 Å². The number of aryl methyl sites for hydroxylation is 3. The summed E-state index contributed by atoms with van der Waals surface area (Å²) >= 11 is 0. The molecule has 3 aromatic carbocycles. The fraction of sp³-hybridized carbons (Fsp3) is 0.267. The van der Waals surface area contributed by atoms with E-state index in [0.29, 0.717) is 0 Å². The Morgan fingerprint density at radius 1 is 0.657 bits per heavy atom. The predicted octanol–water partition coefficient (Wildman–Crippen LogP) is 6.99. The van der Waals surface area contributed by atoms with Gasteiger partial charge in [0.05, 0.1) is 8.07 Å². The van der Waals surface area contributed by atoms with Crippen LogP contribution in [-0.2, 0) is 21.7 Å². The predicted molar refractivity (Wildman–Crippen MR) is 159 cm³/mol. The second-order valence-electron chi connectivity index (χ2n) is 9.98.